The summed E-state index contributed by atoms with van der Waals surface area (Å²) in [6, 6.07) is 0. The number of piperidine rings is 1. The number of carbonyl (C=O) groups is 1. The molecule has 0 spiro atoms. The van der Waals surface area contributed by atoms with E-state index in [0.717, 1.165) is 0 Å². The Morgan fingerprint density at radius 2 is 1.86 bits per heavy atom. The molecule has 0 N–H and O–H groups in total. The molecule has 2 fully saturated rings. The van der Waals surface area contributed by atoms with E-state index >= 15 is 0 Å². The predicted molar refractivity (Wildman–Crippen MR) is 86.9 cm³/mol. The molecule has 5 nitrogen and oxygen atoms in total. The molecule has 0 radical (unpaired) electrons. The van der Waals surface area contributed by atoms with E-state index in [1.54, 1.807) is 27.7 Å². The van der Waals surface area contributed by atoms with Crippen molar-refractivity contribution in [1.82, 2.24) is 4.90 Å². The fourth-order valence-corrected chi connectivity index (χ4v) is 1.80. The second kappa shape index (κ2) is 5.71. The second-order valence-corrected chi connectivity index (χ2v) is 7.29. The van der Waals surface area contributed by atoms with E-state index < -0.39 is 61.5 Å². The van der Waals surface area contributed by atoms with Crippen LogP contribution >= 0.6 is 0 Å². The van der Waals surface area contributed by atoms with Crippen LogP contribution in [-0.2, 0) is 14.0 Å². The van der Waals surface area contributed by atoms with Gasteiger partial charge in [-0.2, -0.15) is 0 Å². The lowest BCUT2D eigenvalue weighted by Gasteiger charge is -2.34. The quantitative estimate of drug-likeness (QED) is 0.694. The van der Waals surface area contributed by atoms with Gasteiger partial charge >= 0.3 is 13.2 Å². The summed E-state index contributed by atoms with van der Waals surface area (Å²) >= 11 is 0. The molecule has 6 heteroatoms. The van der Waals surface area contributed by atoms with Gasteiger partial charge in [0, 0.05) is 31.1 Å². The van der Waals surface area contributed by atoms with Crippen molar-refractivity contribution >= 4 is 13.2 Å². The predicted octanol–water partition coefficient (Wildman–Crippen LogP) is 3.48. The Hall–Kier alpha value is -0.745. The van der Waals surface area contributed by atoms with Gasteiger partial charge in [-0.15, -0.1) is 0 Å². The van der Waals surface area contributed by atoms with Gasteiger partial charge in [-0.1, -0.05) is 0 Å². The van der Waals surface area contributed by atoms with Gasteiger partial charge in [0.15, 0.2) is 0 Å². The molecule has 0 saturated carbocycles. The van der Waals surface area contributed by atoms with Crippen LogP contribution in [0.25, 0.3) is 0 Å². The topological polar surface area (TPSA) is 48.0 Å². The fourth-order valence-electron chi connectivity index (χ4n) is 1.80. The van der Waals surface area contributed by atoms with Crippen LogP contribution in [0.4, 0.5) is 4.79 Å². The normalized spacial score (nSPS) is 46.4. The van der Waals surface area contributed by atoms with Crippen molar-refractivity contribution in [3.63, 3.8) is 0 Å². The van der Waals surface area contributed by atoms with Crippen LogP contribution in [0.5, 0.6) is 0 Å². The molecule has 0 aromatic carbocycles. The molecule has 2 rings (SSSR count). The summed E-state index contributed by atoms with van der Waals surface area (Å²) in [7, 11) is -1.97. The Morgan fingerprint density at radius 1 is 1.32 bits per heavy atom. The summed E-state index contributed by atoms with van der Waals surface area (Å²) in [6.07, 6.45) is -8.63. The van der Waals surface area contributed by atoms with Gasteiger partial charge in [0.2, 0.25) is 0 Å². The largest absolute Gasteiger partial charge is 0.462 e. The highest BCUT2D eigenvalue weighted by atomic mass is 16.7. The SMILES string of the molecule is [2H]C1([2H])N(C(=O)OC(C)(C)C)C([2H])([2H])C([2H])(B2OC(C)(C)C(C)(C)O2)C([2H])([2H])C1([2H])[2H]. The van der Waals surface area contributed by atoms with Crippen LogP contribution in [-0.4, -0.2) is 47.9 Å². The molecule has 1 atom stereocenters. The second-order valence-electron chi connectivity index (χ2n) is 7.29. The lowest BCUT2D eigenvalue weighted by molar-refractivity contribution is 0.00578. The lowest BCUT2D eigenvalue weighted by atomic mass is 9.68. The first-order chi connectivity index (χ1) is 13.3. The zero-order chi connectivity index (χ0) is 24.9. The van der Waals surface area contributed by atoms with Gasteiger partial charge in [-0.05, 0) is 61.2 Å². The number of rotatable bonds is 1. The third kappa shape index (κ3) is 3.77. The first-order valence-electron chi connectivity index (χ1n) is 11.7. The van der Waals surface area contributed by atoms with Crippen molar-refractivity contribution in [1.29, 1.82) is 0 Å². The van der Waals surface area contributed by atoms with Crippen LogP contribution in [0.1, 0.15) is 73.5 Å². The molecule has 1 amide bonds. The molecular formula is C16H30BNO4. The number of amides is 1. The van der Waals surface area contributed by atoms with Crippen molar-refractivity contribution in [2.75, 3.05) is 13.0 Å². The average Bonchev–Trinajstić information content (AvgIpc) is 2.70. The third-order valence-electron chi connectivity index (χ3n) is 3.66. The zero-order valence-corrected chi connectivity index (χ0v) is 14.2. The van der Waals surface area contributed by atoms with Gasteiger partial charge < -0.3 is 18.9 Å². The van der Waals surface area contributed by atoms with E-state index in [1.807, 2.05) is 0 Å². The molecule has 0 aliphatic carbocycles. The Kier molecular flexibility index (Phi) is 2.32. The van der Waals surface area contributed by atoms with Crippen molar-refractivity contribution in [3.05, 3.63) is 0 Å². The van der Waals surface area contributed by atoms with Crippen LogP contribution in [0.2, 0.25) is 5.79 Å². The summed E-state index contributed by atoms with van der Waals surface area (Å²) in [5, 5.41) is 0. The van der Waals surface area contributed by atoms with Crippen LogP contribution in [0, 0.1) is 0 Å². The van der Waals surface area contributed by atoms with Crippen LogP contribution < -0.4 is 0 Å². The summed E-state index contributed by atoms with van der Waals surface area (Å²) in [5.41, 5.74) is -3.45. The highest BCUT2D eigenvalue weighted by Crippen LogP contribution is 2.42. The average molecular weight is 320 g/mol. The molecule has 126 valence electrons. The van der Waals surface area contributed by atoms with E-state index in [4.69, 9.17) is 26.4 Å². The highest BCUT2D eigenvalue weighted by molar-refractivity contribution is 6.47. The molecule has 0 aromatic heterocycles. The molecule has 22 heavy (non-hydrogen) atoms. The summed E-state index contributed by atoms with van der Waals surface area (Å²) in [4.78, 5) is 12.7. The minimum Gasteiger partial charge on any atom is -0.444 e. The van der Waals surface area contributed by atoms with Crippen molar-refractivity contribution in [2.45, 2.75) is 83.8 Å². The molecule has 1 unspecified atom stereocenters. The lowest BCUT2D eigenvalue weighted by Crippen LogP contribution is -2.45. The van der Waals surface area contributed by atoms with Crippen molar-refractivity contribution < 1.29 is 31.2 Å². The number of ether oxygens (including phenoxy) is 1. The van der Waals surface area contributed by atoms with Gasteiger partial charge in [-0.3, -0.25) is 0 Å². The fraction of sp³-hybridized carbons (Fsp3) is 0.938. The Balaban J connectivity index is 2.78. The summed E-state index contributed by atoms with van der Waals surface area (Å²) < 4.78 is 92.3. The van der Waals surface area contributed by atoms with Crippen molar-refractivity contribution in [2.24, 2.45) is 0 Å². The molecule has 2 aliphatic heterocycles. The van der Waals surface area contributed by atoms with E-state index in [9.17, 15) is 4.79 Å². The Labute approximate surface area is 147 Å². The van der Waals surface area contributed by atoms with Gasteiger partial charge in [-0.25, -0.2) is 4.79 Å². The van der Waals surface area contributed by atoms with Crippen LogP contribution in [0.15, 0.2) is 0 Å². The monoisotopic (exact) mass is 320 g/mol. The van der Waals surface area contributed by atoms with Gasteiger partial charge in [0.1, 0.15) is 5.60 Å². The van der Waals surface area contributed by atoms with Crippen LogP contribution in [0.3, 0.4) is 0 Å². The van der Waals surface area contributed by atoms with E-state index in [-0.39, 0.29) is 4.90 Å². The minimum atomic E-state index is -3.55. The minimum absolute atomic E-state index is 0.176. The Bertz CT molecular complexity index is 753. The van der Waals surface area contributed by atoms with Gasteiger partial charge in [0.25, 0.3) is 0 Å². The van der Waals surface area contributed by atoms with E-state index in [0.29, 0.717) is 0 Å². The maximum atomic E-state index is 12.9. The van der Waals surface area contributed by atoms with E-state index in [2.05, 4.69) is 0 Å². The van der Waals surface area contributed by atoms with Crippen molar-refractivity contribution in [3.8, 4) is 0 Å². The standard InChI is InChI=1S/C16H30BNO4/c1-14(2,3)20-13(19)18-10-8-9-12(11-18)17-21-15(4,5)16(6,7)22-17/h12H,8-11H2,1-7H3/i8D2,9D2,10D2,11D2,12D. The number of carbonyl (C=O) groups excluding carboxylic acids is 1. The highest BCUT2D eigenvalue weighted by Gasteiger charge is 2.54. The van der Waals surface area contributed by atoms with Gasteiger partial charge in [0.05, 0.1) is 11.2 Å². The summed E-state index contributed by atoms with van der Waals surface area (Å²) in [6.45, 7) is 3.75. The molecule has 2 aliphatic rings. The number of nitrogens with zero attached hydrogens (tertiary/aromatic N) is 1. The number of hydrogen-bond donors (Lipinski definition) is 0. The molecular weight excluding hydrogens is 281 g/mol. The molecule has 2 heterocycles. The summed E-state index contributed by atoms with van der Waals surface area (Å²) in [5.74, 6) is -3.24. The first kappa shape index (κ1) is 8.93. The molecule has 0 aromatic rings. The Morgan fingerprint density at radius 3 is 2.36 bits per heavy atom. The van der Waals surface area contributed by atoms with E-state index in [1.165, 1.54) is 20.8 Å². The number of likely N-dealkylation sites (tertiary alicyclic amines) is 1. The molecule has 2 saturated heterocycles. The smallest absolute Gasteiger partial charge is 0.444 e. The third-order valence-corrected chi connectivity index (χ3v) is 3.66. The maximum absolute atomic E-state index is 12.9. The zero-order valence-electron chi connectivity index (χ0n) is 23.2. The molecule has 0 bridgehead atoms. The number of hydrogen-bond acceptors (Lipinski definition) is 4. The first-order valence-corrected chi connectivity index (χ1v) is 7.20. The maximum Gasteiger partial charge on any atom is 0.462 e.